The second-order valence-corrected chi connectivity index (χ2v) is 4.28. The van der Waals surface area contributed by atoms with E-state index >= 15 is 0 Å². The van der Waals surface area contributed by atoms with E-state index in [0.29, 0.717) is 18.0 Å². The van der Waals surface area contributed by atoms with Crippen molar-refractivity contribution in [1.29, 1.82) is 0 Å². The summed E-state index contributed by atoms with van der Waals surface area (Å²) in [5, 5.41) is 11.6. The highest BCUT2D eigenvalue weighted by atomic mass is 16.5. The highest BCUT2D eigenvalue weighted by molar-refractivity contribution is 5.97. The zero-order valence-electron chi connectivity index (χ0n) is 11.4. The van der Waals surface area contributed by atoms with Gasteiger partial charge in [-0.2, -0.15) is 0 Å². The Morgan fingerprint density at radius 3 is 2.71 bits per heavy atom. The normalized spacial score (nSPS) is 9.95. The summed E-state index contributed by atoms with van der Waals surface area (Å²) in [4.78, 5) is 26.8. The molecule has 108 valence electrons. The van der Waals surface area contributed by atoms with Gasteiger partial charge in [-0.25, -0.2) is 9.78 Å². The molecule has 1 aromatic carbocycles. The second-order valence-electron chi connectivity index (χ2n) is 4.28. The number of aromatic nitrogens is 1. The number of rotatable bonds is 5. The van der Waals surface area contributed by atoms with Crippen molar-refractivity contribution in [3.63, 3.8) is 0 Å². The van der Waals surface area contributed by atoms with Crippen molar-refractivity contribution in [3.05, 3.63) is 59.3 Å². The van der Waals surface area contributed by atoms with E-state index in [1.807, 2.05) is 0 Å². The largest absolute Gasteiger partial charge is 0.481 e. The predicted molar refractivity (Wildman–Crippen MR) is 75.4 cm³/mol. The molecule has 6 heteroatoms. The Hall–Kier alpha value is -2.89. The average molecular weight is 286 g/mol. The number of carboxylic acid groups (broad SMARTS) is 1. The molecular weight excluding hydrogens is 272 g/mol. The fourth-order valence-corrected chi connectivity index (χ4v) is 1.75. The van der Waals surface area contributed by atoms with Gasteiger partial charge >= 0.3 is 5.97 Å². The van der Waals surface area contributed by atoms with Gasteiger partial charge in [0.1, 0.15) is 0 Å². The first-order valence-electron chi connectivity index (χ1n) is 6.20. The van der Waals surface area contributed by atoms with Gasteiger partial charge in [-0.3, -0.25) is 4.79 Å². The number of nitrogens with one attached hydrogen (secondary N) is 1. The Morgan fingerprint density at radius 1 is 1.24 bits per heavy atom. The summed E-state index contributed by atoms with van der Waals surface area (Å²) in [7, 11) is 1.52. The molecule has 0 spiro atoms. The molecule has 0 radical (unpaired) electrons. The number of pyridine rings is 1. The van der Waals surface area contributed by atoms with E-state index in [1.54, 1.807) is 24.4 Å². The molecule has 21 heavy (non-hydrogen) atoms. The minimum Gasteiger partial charge on any atom is -0.481 e. The monoisotopic (exact) mass is 286 g/mol. The molecular formula is C15H14N2O4. The van der Waals surface area contributed by atoms with Crippen LogP contribution in [0.3, 0.4) is 0 Å². The van der Waals surface area contributed by atoms with E-state index in [4.69, 9.17) is 9.84 Å². The molecule has 6 nitrogen and oxygen atoms in total. The Bertz CT molecular complexity index is 670. The van der Waals surface area contributed by atoms with Gasteiger partial charge in [-0.1, -0.05) is 6.07 Å². The number of methoxy groups -OCH3 is 1. The molecule has 0 fully saturated rings. The maximum absolute atomic E-state index is 12.0. The van der Waals surface area contributed by atoms with Gasteiger partial charge in [0.05, 0.1) is 12.7 Å². The highest BCUT2D eigenvalue weighted by Crippen LogP contribution is 2.09. The summed E-state index contributed by atoms with van der Waals surface area (Å²) in [6.07, 6.45) is 1.59. The molecule has 1 heterocycles. The zero-order valence-corrected chi connectivity index (χ0v) is 11.4. The third-order valence-electron chi connectivity index (χ3n) is 2.83. The minimum absolute atomic E-state index is 0.0771. The number of hydrogen-bond donors (Lipinski definition) is 2. The highest BCUT2D eigenvalue weighted by Gasteiger charge is 2.09. The van der Waals surface area contributed by atoms with Crippen LogP contribution in [0.2, 0.25) is 0 Å². The van der Waals surface area contributed by atoms with E-state index in [9.17, 15) is 9.59 Å². The van der Waals surface area contributed by atoms with Gasteiger partial charge in [0, 0.05) is 24.4 Å². The Labute approximate surface area is 121 Å². The van der Waals surface area contributed by atoms with Gasteiger partial charge < -0.3 is 15.2 Å². The molecule has 0 atom stereocenters. The summed E-state index contributed by atoms with van der Waals surface area (Å²) in [5.41, 5.74) is 1.22. The van der Waals surface area contributed by atoms with Crippen LogP contribution in [0.5, 0.6) is 5.88 Å². The molecule has 0 saturated heterocycles. The summed E-state index contributed by atoms with van der Waals surface area (Å²) in [6.45, 7) is 0.301. The van der Waals surface area contributed by atoms with E-state index in [1.165, 1.54) is 25.3 Å². The molecule has 1 amide bonds. The molecule has 1 aromatic heterocycles. The first kappa shape index (κ1) is 14.5. The van der Waals surface area contributed by atoms with Gasteiger partial charge in [0.2, 0.25) is 5.88 Å². The quantitative estimate of drug-likeness (QED) is 0.873. The number of benzene rings is 1. The number of carboxylic acids is 1. The summed E-state index contributed by atoms with van der Waals surface area (Å²) in [5.74, 6) is -0.938. The van der Waals surface area contributed by atoms with E-state index < -0.39 is 5.97 Å². The standard InChI is InChI=1S/C15H14N2O4/c1-21-13-7-10(5-6-16-13)9-17-14(18)11-3-2-4-12(8-11)15(19)20/h2-8H,9H2,1H3,(H,17,18)(H,19,20). The van der Waals surface area contributed by atoms with Gasteiger partial charge in [-0.05, 0) is 29.8 Å². The lowest BCUT2D eigenvalue weighted by Gasteiger charge is -2.07. The number of nitrogens with zero attached hydrogens (tertiary/aromatic N) is 1. The van der Waals surface area contributed by atoms with Crippen molar-refractivity contribution in [2.75, 3.05) is 7.11 Å². The van der Waals surface area contributed by atoms with E-state index in [-0.39, 0.29) is 11.5 Å². The van der Waals surface area contributed by atoms with Crippen LogP contribution < -0.4 is 10.1 Å². The summed E-state index contributed by atoms with van der Waals surface area (Å²) in [6, 6.07) is 9.35. The SMILES string of the molecule is COc1cc(CNC(=O)c2cccc(C(=O)O)c2)ccn1. The first-order valence-corrected chi connectivity index (χ1v) is 6.20. The zero-order chi connectivity index (χ0) is 15.2. The van der Waals surface area contributed by atoms with Gasteiger partial charge in [0.15, 0.2) is 0 Å². The lowest BCUT2D eigenvalue weighted by Crippen LogP contribution is -2.23. The topological polar surface area (TPSA) is 88.5 Å². The first-order chi connectivity index (χ1) is 10.1. The Morgan fingerprint density at radius 2 is 2.00 bits per heavy atom. The van der Waals surface area contributed by atoms with Gasteiger partial charge in [-0.15, -0.1) is 0 Å². The molecule has 0 unspecified atom stereocenters. The van der Waals surface area contributed by atoms with Crippen LogP contribution in [-0.2, 0) is 6.54 Å². The fourth-order valence-electron chi connectivity index (χ4n) is 1.75. The third kappa shape index (κ3) is 3.79. The molecule has 0 aliphatic carbocycles. The van der Waals surface area contributed by atoms with E-state index in [0.717, 1.165) is 5.56 Å². The van der Waals surface area contributed by atoms with Crippen LogP contribution in [0.1, 0.15) is 26.3 Å². The molecule has 2 aromatic rings. The maximum Gasteiger partial charge on any atom is 0.335 e. The van der Waals surface area contributed by atoms with Crippen LogP contribution in [0.15, 0.2) is 42.6 Å². The number of carbonyl (C=O) groups is 2. The van der Waals surface area contributed by atoms with Crippen molar-refractivity contribution in [2.24, 2.45) is 0 Å². The van der Waals surface area contributed by atoms with Crippen LogP contribution >= 0.6 is 0 Å². The van der Waals surface area contributed by atoms with Crippen molar-refractivity contribution >= 4 is 11.9 Å². The van der Waals surface area contributed by atoms with Crippen molar-refractivity contribution in [1.82, 2.24) is 10.3 Å². The number of amides is 1. The number of carbonyl (C=O) groups excluding carboxylic acids is 1. The molecule has 0 saturated carbocycles. The molecule has 0 aliphatic heterocycles. The van der Waals surface area contributed by atoms with Crippen LogP contribution in [0.25, 0.3) is 0 Å². The predicted octanol–water partition coefficient (Wildman–Crippen LogP) is 1.72. The second kappa shape index (κ2) is 6.51. The Kier molecular flexibility index (Phi) is 4.50. The Balaban J connectivity index is 2.04. The van der Waals surface area contributed by atoms with Crippen molar-refractivity contribution in [3.8, 4) is 5.88 Å². The minimum atomic E-state index is -1.07. The van der Waals surface area contributed by atoms with Crippen LogP contribution in [0.4, 0.5) is 0 Å². The summed E-state index contributed by atoms with van der Waals surface area (Å²) < 4.78 is 5.00. The number of hydrogen-bond acceptors (Lipinski definition) is 4. The van der Waals surface area contributed by atoms with Crippen molar-refractivity contribution in [2.45, 2.75) is 6.54 Å². The van der Waals surface area contributed by atoms with Crippen LogP contribution in [0, 0.1) is 0 Å². The van der Waals surface area contributed by atoms with Gasteiger partial charge in [0.25, 0.3) is 5.91 Å². The van der Waals surface area contributed by atoms with Crippen molar-refractivity contribution < 1.29 is 19.4 Å². The molecule has 2 rings (SSSR count). The van der Waals surface area contributed by atoms with Crippen LogP contribution in [-0.4, -0.2) is 29.1 Å². The third-order valence-corrected chi connectivity index (χ3v) is 2.83. The smallest absolute Gasteiger partial charge is 0.335 e. The molecule has 0 aliphatic rings. The fraction of sp³-hybridized carbons (Fsp3) is 0.133. The molecule has 0 bridgehead atoms. The lowest BCUT2D eigenvalue weighted by atomic mass is 10.1. The molecule has 2 N–H and O–H groups in total. The summed E-state index contributed by atoms with van der Waals surface area (Å²) >= 11 is 0. The number of ether oxygens (including phenoxy) is 1. The van der Waals surface area contributed by atoms with E-state index in [2.05, 4.69) is 10.3 Å². The maximum atomic E-state index is 12.0. The average Bonchev–Trinajstić information content (AvgIpc) is 2.53. The lowest BCUT2D eigenvalue weighted by molar-refractivity contribution is 0.0697. The number of aromatic carboxylic acids is 1.